The highest BCUT2D eigenvalue weighted by molar-refractivity contribution is 5.42. The molecule has 2 rings (SSSR count). The minimum Gasteiger partial charge on any atom is -0.496 e. The summed E-state index contributed by atoms with van der Waals surface area (Å²) in [6.07, 6.45) is 4.76. The van der Waals surface area contributed by atoms with Crippen molar-refractivity contribution >= 4 is 0 Å². The Morgan fingerprint density at radius 1 is 1.10 bits per heavy atom. The summed E-state index contributed by atoms with van der Waals surface area (Å²) in [6, 6.07) is 4.09. The molecule has 1 aromatic carbocycles. The van der Waals surface area contributed by atoms with Crippen LogP contribution in [-0.2, 0) is 0 Å². The third kappa shape index (κ3) is 3.74. The molecule has 3 heteroatoms. The lowest BCUT2D eigenvalue weighted by Gasteiger charge is -2.24. The average Bonchev–Trinajstić information content (AvgIpc) is 2.69. The summed E-state index contributed by atoms with van der Waals surface area (Å²) in [5.41, 5.74) is 3.23. The monoisotopic (exact) mass is 277 g/mol. The van der Waals surface area contributed by atoms with Crippen molar-refractivity contribution in [3.05, 3.63) is 28.8 Å². The second-order valence-corrected chi connectivity index (χ2v) is 5.91. The van der Waals surface area contributed by atoms with Gasteiger partial charge in [0, 0.05) is 6.54 Å². The summed E-state index contributed by atoms with van der Waals surface area (Å²) in [6.45, 7) is 7.05. The molecule has 0 amide bonds. The summed E-state index contributed by atoms with van der Waals surface area (Å²) in [4.78, 5) is 2.40. The maximum Gasteiger partial charge on any atom is 0.122 e. The number of aryl methyl sites for hydroxylation is 2. The van der Waals surface area contributed by atoms with Crippen LogP contribution in [0.3, 0.4) is 0 Å². The number of β-amino-alcohol motifs (C(OH)–C–C–N with tert-alkyl or cyclic N) is 1. The maximum atomic E-state index is 10.6. The molecule has 0 saturated carbocycles. The quantitative estimate of drug-likeness (QED) is 0.917. The number of methoxy groups -OCH3 is 1. The fourth-order valence-electron chi connectivity index (χ4n) is 3.05. The van der Waals surface area contributed by atoms with Crippen LogP contribution in [0.25, 0.3) is 0 Å². The smallest absolute Gasteiger partial charge is 0.122 e. The van der Waals surface area contributed by atoms with Gasteiger partial charge in [0.15, 0.2) is 0 Å². The molecule has 0 bridgehead atoms. The maximum absolute atomic E-state index is 10.6. The highest BCUT2D eigenvalue weighted by Gasteiger charge is 2.17. The molecule has 1 heterocycles. The van der Waals surface area contributed by atoms with Gasteiger partial charge in [-0.05, 0) is 68.6 Å². The molecule has 0 aromatic heterocycles. The minimum absolute atomic E-state index is 0.405. The normalized spacial score (nSPS) is 18.6. The molecule has 3 nitrogen and oxygen atoms in total. The predicted octanol–water partition coefficient (Wildman–Crippen LogP) is 3.22. The van der Waals surface area contributed by atoms with Crippen LogP contribution < -0.4 is 4.74 Å². The Hall–Kier alpha value is -1.06. The highest BCUT2D eigenvalue weighted by Crippen LogP contribution is 2.27. The molecule has 1 aliphatic rings. The Kier molecular flexibility index (Phi) is 5.44. The van der Waals surface area contributed by atoms with Gasteiger partial charge in [0.1, 0.15) is 5.75 Å². The number of ether oxygens (including phenoxy) is 1. The molecule has 112 valence electrons. The van der Waals surface area contributed by atoms with E-state index in [1.165, 1.54) is 25.7 Å². The van der Waals surface area contributed by atoms with Crippen molar-refractivity contribution in [2.24, 2.45) is 0 Å². The highest BCUT2D eigenvalue weighted by atomic mass is 16.5. The summed E-state index contributed by atoms with van der Waals surface area (Å²) in [5, 5.41) is 10.6. The van der Waals surface area contributed by atoms with Gasteiger partial charge in [-0.15, -0.1) is 0 Å². The third-order valence-electron chi connectivity index (χ3n) is 4.27. The molecule has 0 spiro atoms. The summed E-state index contributed by atoms with van der Waals surface area (Å²) in [7, 11) is 1.69. The molecule has 1 fully saturated rings. The van der Waals surface area contributed by atoms with E-state index in [1.54, 1.807) is 7.11 Å². The molecule has 20 heavy (non-hydrogen) atoms. The van der Waals surface area contributed by atoms with Gasteiger partial charge >= 0.3 is 0 Å². The van der Waals surface area contributed by atoms with E-state index in [-0.39, 0.29) is 0 Å². The zero-order chi connectivity index (χ0) is 14.5. The number of benzene rings is 1. The van der Waals surface area contributed by atoms with Gasteiger partial charge in [-0.25, -0.2) is 0 Å². The van der Waals surface area contributed by atoms with E-state index in [0.717, 1.165) is 42.1 Å². The largest absolute Gasteiger partial charge is 0.496 e. The van der Waals surface area contributed by atoms with E-state index in [9.17, 15) is 5.11 Å². The summed E-state index contributed by atoms with van der Waals surface area (Å²) >= 11 is 0. The van der Waals surface area contributed by atoms with E-state index in [2.05, 4.69) is 11.0 Å². The van der Waals surface area contributed by atoms with Crippen molar-refractivity contribution < 1.29 is 9.84 Å². The first-order chi connectivity index (χ1) is 9.61. The lowest BCUT2D eigenvalue weighted by atomic mass is 9.99. The molecule has 1 aromatic rings. The predicted molar refractivity (Wildman–Crippen MR) is 82.3 cm³/mol. The topological polar surface area (TPSA) is 32.7 Å². The van der Waals surface area contributed by atoms with Crippen molar-refractivity contribution in [3.8, 4) is 5.75 Å². The van der Waals surface area contributed by atoms with Crippen LogP contribution in [0, 0.1) is 13.8 Å². The van der Waals surface area contributed by atoms with Crippen LogP contribution >= 0.6 is 0 Å². The standard InChI is InChI=1S/C17H27NO2/c1-13-11-17(20-3)14(2)10-15(13)16(19)12-18-8-6-4-5-7-9-18/h10-11,16,19H,4-9,12H2,1-3H3. The van der Waals surface area contributed by atoms with Crippen molar-refractivity contribution in [1.29, 1.82) is 0 Å². The number of aliphatic hydroxyl groups excluding tert-OH is 1. The van der Waals surface area contributed by atoms with Gasteiger partial charge in [-0.3, -0.25) is 0 Å². The van der Waals surface area contributed by atoms with Crippen LogP contribution in [0.2, 0.25) is 0 Å². The molecule has 1 atom stereocenters. The molecular formula is C17H27NO2. The second-order valence-electron chi connectivity index (χ2n) is 5.91. The number of aliphatic hydroxyl groups is 1. The van der Waals surface area contributed by atoms with E-state index in [1.807, 2.05) is 19.9 Å². The first-order valence-corrected chi connectivity index (χ1v) is 7.67. The Labute approximate surface area is 122 Å². The fraction of sp³-hybridized carbons (Fsp3) is 0.647. The minimum atomic E-state index is -0.405. The lowest BCUT2D eigenvalue weighted by molar-refractivity contribution is 0.114. The average molecular weight is 277 g/mol. The van der Waals surface area contributed by atoms with Crippen molar-refractivity contribution in [2.45, 2.75) is 45.6 Å². The number of rotatable bonds is 4. The van der Waals surface area contributed by atoms with E-state index >= 15 is 0 Å². The zero-order valence-corrected chi connectivity index (χ0v) is 13.0. The van der Waals surface area contributed by atoms with E-state index in [0.29, 0.717) is 0 Å². The zero-order valence-electron chi connectivity index (χ0n) is 13.0. The number of likely N-dealkylation sites (tertiary alicyclic amines) is 1. The molecule has 1 saturated heterocycles. The fourth-order valence-corrected chi connectivity index (χ4v) is 3.05. The van der Waals surface area contributed by atoms with Gasteiger partial charge in [0.25, 0.3) is 0 Å². The van der Waals surface area contributed by atoms with Crippen LogP contribution in [0.15, 0.2) is 12.1 Å². The summed E-state index contributed by atoms with van der Waals surface area (Å²) < 4.78 is 5.33. The van der Waals surface area contributed by atoms with Crippen molar-refractivity contribution in [2.75, 3.05) is 26.7 Å². The van der Waals surface area contributed by atoms with Gasteiger partial charge < -0.3 is 14.7 Å². The number of nitrogens with zero attached hydrogens (tertiary/aromatic N) is 1. The number of hydrogen-bond donors (Lipinski definition) is 1. The van der Waals surface area contributed by atoms with E-state index in [4.69, 9.17) is 4.74 Å². The van der Waals surface area contributed by atoms with Crippen molar-refractivity contribution in [3.63, 3.8) is 0 Å². The van der Waals surface area contributed by atoms with Crippen molar-refractivity contribution in [1.82, 2.24) is 4.90 Å². The summed E-state index contributed by atoms with van der Waals surface area (Å²) in [5.74, 6) is 0.897. The molecule has 1 aliphatic heterocycles. The SMILES string of the molecule is COc1cc(C)c(C(O)CN2CCCCCC2)cc1C. The third-order valence-corrected chi connectivity index (χ3v) is 4.27. The Balaban J connectivity index is 2.08. The van der Waals surface area contributed by atoms with Crippen LogP contribution in [-0.4, -0.2) is 36.8 Å². The molecule has 1 unspecified atom stereocenters. The lowest BCUT2D eigenvalue weighted by Crippen LogP contribution is -2.29. The Morgan fingerprint density at radius 2 is 1.75 bits per heavy atom. The van der Waals surface area contributed by atoms with Gasteiger partial charge in [0.05, 0.1) is 13.2 Å². The van der Waals surface area contributed by atoms with Crippen LogP contribution in [0.1, 0.15) is 48.5 Å². The number of hydrogen-bond acceptors (Lipinski definition) is 3. The van der Waals surface area contributed by atoms with Gasteiger partial charge in [-0.2, -0.15) is 0 Å². The molecule has 0 aliphatic carbocycles. The second kappa shape index (κ2) is 7.09. The Morgan fingerprint density at radius 3 is 2.35 bits per heavy atom. The molecule has 0 radical (unpaired) electrons. The first kappa shape index (κ1) is 15.3. The first-order valence-electron chi connectivity index (χ1n) is 7.67. The van der Waals surface area contributed by atoms with Crippen LogP contribution in [0.5, 0.6) is 5.75 Å². The van der Waals surface area contributed by atoms with Gasteiger partial charge in [0.2, 0.25) is 0 Å². The van der Waals surface area contributed by atoms with E-state index < -0.39 is 6.10 Å². The molecular weight excluding hydrogens is 250 g/mol. The van der Waals surface area contributed by atoms with Gasteiger partial charge in [-0.1, -0.05) is 12.8 Å². The Bertz CT molecular complexity index is 437. The van der Waals surface area contributed by atoms with Crippen LogP contribution in [0.4, 0.5) is 0 Å². The molecule has 1 N–H and O–H groups in total.